The van der Waals surface area contributed by atoms with E-state index in [9.17, 15) is 0 Å². The second-order valence-electron chi connectivity index (χ2n) is 5.71. The minimum atomic E-state index is 0.177. The van der Waals surface area contributed by atoms with Gasteiger partial charge in [-0.3, -0.25) is 4.90 Å². The predicted molar refractivity (Wildman–Crippen MR) is 82.9 cm³/mol. The smallest absolute Gasteiger partial charge is 0.0591 e. The molecule has 2 heterocycles. The quantitative estimate of drug-likeness (QED) is 0.911. The molecule has 18 heavy (non-hydrogen) atoms. The van der Waals surface area contributed by atoms with Gasteiger partial charge in [0, 0.05) is 27.3 Å². The third kappa shape index (κ3) is 3.16. The summed E-state index contributed by atoms with van der Waals surface area (Å²) in [5, 5.41) is 2.15. The van der Waals surface area contributed by atoms with E-state index < -0.39 is 0 Å². The minimum Gasteiger partial charge on any atom is -0.326 e. The molecular weight excluding hydrogens is 308 g/mol. The zero-order valence-electron chi connectivity index (χ0n) is 11.4. The highest BCUT2D eigenvalue weighted by Gasteiger charge is 2.31. The zero-order valence-corrected chi connectivity index (χ0v) is 13.8. The van der Waals surface area contributed by atoms with Crippen LogP contribution in [-0.2, 0) is 0 Å². The summed E-state index contributed by atoms with van der Waals surface area (Å²) in [6, 6.07) is 2.77. The maximum absolute atomic E-state index is 6.24. The monoisotopic (exact) mass is 330 g/mol. The summed E-state index contributed by atoms with van der Waals surface area (Å²) in [4.78, 5) is 3.96. The van der Waals surface area contributed by atoms with Gasteiger partial charge in [-0.25, -0.2) is 0 Å². The van der Waals surface area contributed by atoms with Gasteiger partial charge in [-0.15, -0.1) is 11.3 Å². The first-order valence-corrected chi connectivity index (χ1v) is 8.40. The van der Waals surface area contributed by atoms with Crippen molar-refractivity contribution in [1.82, 2.24) is 4.90 Å². The molecule has 0 bridgehead atoms. The lowest BCUT2D eigenvalue weighted by Gasteiger charge is -2.41. The molecule has 1 fully saturated rings. The highest BCUT2D eigenvalue weighted by molar-refractivity contribution is 9.10. The van der Waals surface area contributed by atoms with E-state index in [1.54, 1.807) is 0 Å². The molecule has 2 rings (SSSR count). The van der Waals surface area contributed by atoms with E-state index in [0.29, 0.717) is 6.04 Å². The maximum atomic E-state index is 6.24. The standard InChI is InChI=1S/C14H23BrN2S/c1-9-4-5-17(7-10(9)2)14(11(3)16)13-6-12(15)8-18-13/h6,8-11,14H,4-5,7,16H2,1-3H3. The lowest BCUT2D eigenvalue weighted by atomic mass is 9.87. The molecule has 0 spiro atoms. The second-order valence-corrected chi connectivity index (χ2v) is 7.57. The van der Waals surface area contributed by atoms with Crippen LogP contribution in [0, 0.1) is 11.8 Å². The van der Waals surface area contributed by atoms with Gasteiger partial charge < -0.3 is 5.73 Å². The van der Waals surface area contributed by atoms with Crippen LogP contribution in [0.2, 0.25) is 0 Å². The van der Waals surface area contributed by atoms with Crippen LogP contribution in [0.15, 0.2) is 15.9 Å². The van der Waals surface area contributed by atoms with E-state index in [1.165, 1.54) is 28.9 Å². The molecule has 0 radical (unpaired) electrons. The Morgan fingerprint density at radius 1 is 1.44 bits per heavy atom. The number of likely N-dealkylation sites (tertiary alicyclic amines) is 1. The van der Waals surface area contributed by atoms with Gasteiger partial charge in [0.15, 0.2) is 0 Å². The van der Waals surface area contributed by atoms with Crippen LogP contribution in [0.4, 0.5) is 0 Å². The summed E-state index contributed by atoms with van der Waals surface area (Å²) >= 11 is 5.36. The number of hydrogen-bond acceptors (Lipinski definition) is 3. The second kappa shape index (κ2) is 6.04. The lowest BCUT2D eigenvalue weighted by Crippen LogP contribution is -2.45. The molecular formula is C14H23BrN2S. The first kappa shape index (κ1) is 14.5. The van der Waals surface area contributed by atoms with Crippen LogP contribution < -0.4 is 5.73 Å². The third-order valence-corrected chi connectivity index (χ3v) is 5.90. The van der Waals surface area contributed by atoms with Crippen molar-refractivity contribution in [2.45, 2.75) is 39.3 Å². The van der Waals surface area contributed by atoms with E-state index in [-0.39, 0.29) is 6.04 Å². The number of piperidine rings is 1. The summed E-state index contributed by atoms with van der Waals surface area (Å²) in [6.07, 6.45) is 1.29. The summed E-state index contributed by atoms with van der Waals surface area (Å²) in [5.41, 5.74) is 6.24. The van der Waals surface area contributed by atoms with Crippen LogP contribution in [0.5, 0.6) is 0 Å². The summed E-state index contributed by atoms with van der Waals surface area (Å²) in [7, 11) is 0. The Labute approximate surface area is 123 Å². The van der Waals surface area contributed by atoms with Crippen molar-refractivity contribution in [2.75, 3.05) is 13.1 Å². The molecule has 4 heteroatoms. The fourth-order valence-corrected chi connectivity index (χ4v) is 4.50. The molecule has 0 amide bonds. The number of hydrogen-bond donors (Lipinski definition) is 1. The Balaban J connectivity index is 2.16. The van der Waals surface area contributed by atoms with Crippen LogP contribution in [0.25, 0.3) is 0 Å². The first-order chi connectivity index (χ1) is 8.49. The number of nitrogens with two attached hydrogens (primary N) is 1. The van der Waals surface area contributed by atoms with Gasteiger partial charge in [0.1, 0.15) is 0 Å². The van der Waals surface area contributed by atoms with Crippen molar-refractivity contribution in [3.05, 3.63) is 20.8 Å². The highest BCUT2D eigenvalue weighted by atomic mass is 79.9. The topological polar surface area (TPSA) is 29.3 Å². The van der Waals surface area contributed by atoms with Gasteiger partial charge >= 0.3 is 0 Å². The lowest BCUT2D eigenvalue weighted by molar-refractivity contribution is 0.0867. The fourth-order valence-electron chi connectivity index (χ4n) is 2.80. The normalized spacial score (nSPS) is 29.2. The zero-order chi connectivity index (χ0) is 13.3. The Bertz CT molecular complexity index is 391. The molecule has 4 atom stereocenters. The van der Waals surface area contributed by atoms with Crippen molar-refractivity contribution < 1.29 is 0 Å². The predicted octanol–water partition coefficient (Wildman–Crippen LogP) is 3.88. The van der Waals surface area contributed by atoms with Gasteiger partial charge in [0.2, 0.25) is 0 Å². The van der Waals surface area contributed by atoms with Crippen LogP contribution >= 0.6 is 27.3 Å². The molecule has 2 nitrogen and oxygen atoms in total. The molecule has 0 aromatic carbocycles. The van der Waals surface area contributed by atoms with E-state index in [1.807, 2.05) is 11.3 Å². The minimum absolute atomic E-state index is 0.177. The Morgan fingerprint density at radius 2 is 2.17 bits per heavy atom. The van der Waals surface area contributed by atoms with E-state index in [4.69, 9.17) is 5.73 Å². The average molecular weight is 331 g/mol. The van der Waals surface area contributed by atoms with Gasteiger partial charge in [0.05, 0.1) is 6.04 Å². The Hall–Kier alpha value is 0.1000. The SMILES string of the molecule is CC(N)C(c1cc(Br)cs1)N1CCC(C)C(C)C1. The number of halogens is 1. The number of rotatable bonds is 3. The molecule has 1 aliphatic rings. The fraction of sp³-hybridized carbons (Fsp3) is 0.714. The molecule has 4 unspecified atom stereocenters. The van der Waals surface area contributed by atoms with Crippen molar-refractivity contribution in [1.29, 1.82) is 0 Å². The molecule has 1 aromatic heterocycles. The van der Waals surface area contributed by atoms with E-state index >= 15 is 0 Å². The van der Waals surface area contributed by atoms with Crippen LogP contribution in [0.3, 0.4) is 0 Å². The van der Waals surface area contributed by atoms with Gasteiger partial charge in [-0.2, -0.15) is 0 Å². The van der Waals surface area contributed by atoms with Crippen molar-refractivity contribution >= 4 is 27.3 Å². The molecule has 2 N–H and O–H groups in total. The van der Waals surface area contributed by atoms with Crippen molar-refractivity contribution in [3.8, 4) is 0 Å². The van der Waals surface area contributed by atoms with E-state index in [2.05, 4.69) is 53.0 Å². The highest BCUT2D eigenvalue weighted by Crippen LogP contribution is 2.35. The van der Waals surface area contributed by atoms with Crippen LogP contribution in [-0.4, -0.2) is 24.0 Å². The molecule has 1 aromatic rings. The summed E-state index contributed by atoms with van der Waals surface area (Å²) in [6.45, 7) is 9.20. The Morgan fingerprint density at radius 3 is 2.67 bits per heavy atom. The van der Waals surface area contributed by atoms with E-state index in [0.717, 1.165) is 11.8 Å². The van der Waals surface area contributed by atoms with Crippen molar-refractivity contribution in [3.63, 3.8) is 0 Å². The molecule has 0 saturated carbocycles. The molecule has 102 valence electrons. The average Bonchev–Trinajstić information content (AvgIpc) is 2.70. The maximum Gasteiger partial charge on any atom is 0.0591 e. The number of thiophene rings is 1. The van der Waals surface area contributed by atoms with Gasteiger partial charge in [0.25, 0.3) is 0 Å². The van der Waals surface area contributed by atoms with Gasteiger partial charge in [-0.05, 0) is 53.7 Å². The summed E-state index contributed by atoms with van der Waals surface area (Å²) in [5.74, 6) is 1.61. The third-order valence-electron chi connectivity index (χ3n) is 4.14. The van der Waals surface area contributed by atoms with Crippen LogP contribution in [0.1, 0.15) is 38.1 Å². The number of nitrogens with zero attached hydrogens (tertiary/aromatic N) is 1. The Kier molecular flexibility index (Phi) is 4.86. The summed E-state index contributed by atoms with van der Waals surface area (Å²) < 4.78 is 1.17. The largest absolute Gasteiger partial charge is 0.326 e. The molecule has 1 saturated heterocycles. The molecule has 1 aliphatic heterocycles. The van der Waals surface area contributed by atoms with Crippen molar-refractivity contribution in [2.24, 2.45) is 17.6 Å². The van der Waals surface area contributed by atoms with Gasteiger partial charge in [-0.1, -0.05) is 13.8 Å². The first-order valence-electron chi connectivity index (χ1n) is 6.72. The molecule has 0 aliphatic carbocycles.